The fourth-order valence-corrected chi connectivity index (χ4v) is 2.19. The van der Waals surface area contributed by atoms with Crippen LogP contribution in [-0.2, 0) is 6.54 Å². The maximum absolute atomic E-state index is 12.2. The molecule has 0 aliphatic carbocycles. The Labute approximate surface area is 135 Å². The van der Waals surface area contributed by atoms with Gasteiger partial charge >= 0.3 is 0 Å². The van der Waals surface area contributed by atoms with Crippen LogP contribution in [0.5, 0.6) is 0 Å². The van der Waals surface area contributed by atoms with Crippen molar-refractivity contribution in [2.75, 3.05) is 18.4 Å². The van der Waals surface area contributed by atoms with Gasteiger partial charge in [0.2, 0.25) is 0 Å². The first-order valence-corrected chi connectivity index (χ1v) is 7.52. The van der Waals surface area contributed by atoms with Gasteiger partial charge in [0, 0.05) is 37.6 Å². The number of hydrogen-bond donors (Lipinski definition) is 1. The monoisotopic (exact) mass is 309 g/mol. The highest BCUT2D eigenvalue weighted by Gasteiger charge is 2.12. The number of amides is 1. The Morgan fingerprint density at radius 1 is 1.17 bits per heavy atom. The van der Waals surface area contributed by atoms with Crippen LogP contribution < -0.4 is 5.32 Å². The molecule has 1 N–H and O–H groups in total. The Hall–Kier alpha value is -2.94. The second-order valence-corrected chi connectivity index (χ2v) is 4.89. The summed E-state index contributed by atoms with van der Waals surface area (Å²) in [6.07, 6.45) is 3.02. The van der Waals surface area contributed by atoms with E-state index in [4.69, 9.17) is 5.26 Å². The summed E-state index contributed by atoms with van der Waals surface area (Å²) in [5.74, 6) is 0.494. The van der Waals surface area contributed by atoms with Crippen LogP contribution in [0.1, 0.15) is 35.5 Å². The molecule has 0 bridgehead atoms. The number of aromatic nitrogens is 2. The van der Waals surface area contributed by atoms with Gasteiger partial charge in [0.15, 0.2) is 11.5 Å². The largest absolute Gasteiger partial charge is 0.364 e. The number of nitriles is 1. The molecule has 0 radical (unpaired) electrons. The molecule has 1 aromatic heterocycles. The predicted octanol–water partition coefficient (Wildman–Crippen LogP) is 2.44. The summed E-state index contributed by atoms with van der Waals surface area (Å²) >= 11 is 0. The number of nitrogens with zero attached hydrogens (tertiary/aromatic N) is 4. The number of hydrogen-bond acceptors (Lipinski definition) is 5. The lowest BCUT2D eigenvalue weighted by Gasteiger charge is -2.18. The molecule has 0 aliphatic rings. The molecule has 1 heterocycles. The highest BCUT2D eigenvalue weighted by atomic mass is 16.2. The lowest BCUT2D eigenvalue weighted by Crippen LogP contribution is -2.30. The van der Waals surface area contributed by atoms with E-state index in [9.17, 15) is 4.79 Å². The van der Waals surface area contributed by atoms with Gasteiger partial charge in [-0.25, -0.2) is 9.97 Å². The van der Waals surface area contributed by atoms with Gasteiger partial charge in [-0.2, -0.15) is 5.26 Å². The van der Waals surface area contributed by atoms with E-state index in [1.807, 2.05) is 44.2 Å². The fourth-order valence-electron chi connectivity index (χ4n) is 2.19. The van der Waals surface area contributed by atoms with Crippen LogP contribution in [-0.4, -0.2) is 33.9 Å². The Bertz CT molecular complexity index is 702. The van der Waals surface area contributed by atoms with Crippen molar-refractivity contribution >= 4 is 11.7 Å². The first-order valence-electron chi connectivity index (χ1n) is 7.52. The molecule has 2 aromatic rings. The van der Waals surface area contributed by atoms with Crippen molar-refractivity contribution in [1.82, 2.24) is 14.9 Å². The third kappa shape index (κ3) is 4.04. The van der Waals surface area contributed by atoms with Gasteiger partial charge in [-0.05, 0) is 31.5 Å². The van der Waals surface area contributed by atoms with E-state index in [1.54, 1.807) is 4.90 Å². The van der Waals surface area contributed by atoms with Crippen LogP contribution in [0.3, 0.4) is 0 Å². The van der Waals surface area contributed by atoms with Crippen LogP contribution >= 0.6 is 0 Å². The zero-order valence-electron chi connectivity index (χ0n) is 13.3. The van der Waals surface area contributed by atoms with Gasteiger partial charge in [0.25, 0.3) is 5.91 Å². The Balaban J connectivity index is 2.03. The number of rotatable bonds is 6. The molecule has 0 aliphatic heterocycles. The van der Waals surface area contributed by atoms with E-state index in [0.717, 1.165) is 5.56 Å². The third-order valence-electron chi connectivity index (χ3n) is 3.52. The lowest BCUT2D eigenvalue weighted by atomic mass is 10.1. The molecule has 0 spiro atoms. The number of carbonyl (C=O) groups excluding carboxylic acids is 1. The summed E-state index contributed by atoms with van der Waals surface area (Å²) < 4.78 is 0. The highest BCUT2D eigenvalue weighted by molar-refractivity contribution is 5.94. The maximum atomic E-state index is 12.2. The van der Waals surface area contributed by atoms with E-state index in [-0.39, 0.29) is 11.6 Å². The lowest BCUT2D eigenvalue weighted by molar-refractivity contribution is 0.0773. The Kier molecular flexibility index (Phi) is 5.64. The van der Waals surface area contributed by atoms with Gasteiger partial charge in [0.1, 0.15) is 6.07 Å². The molecule has 0 fully saturated rings. The van der Waals surface area contributed by atoms with Gasteiger partial charge in [0.05, 0.1) is 0 Å². The molecule has 2 rings (SSSR count). The minimum absolute atomic E-state index is 0.0372. The summed E-state index contributed by atoms with van der Waals surface area (Å²) in [6, 6.07) is 9.42. The molecule has 6 nitrogen and oxygen atoms in total. The van der Waals surface area contributed by atoms with Crippen molar-refractivity contribution in [3.63, 3.8) is 0 Å². The standard InChI is InChI=1S/C17H19N5O/c1-3-22(4-2)17(23)14-7-5-13(6-8-14)12-21-16-15(11-18)19-9-10-20-16/h5-10H,3-4,12H2,1-2H3,(H,20,21). The number of carbonyl (C=O) groups is 1. The average molecular weight is 309 g/mol. The summed E-state index contributed by atoms with van der Waals surface area (Å²) in [6.45, 7) is 5.83. The Morgan fingerprint density at radius 2 is 1.83 bits per heavy atom. The summed E-state index contributed by atoms with van der Waals surface area (Å²) in [4.78, 5) is 22.1. The van der Waals surface area contributed by atoms with Gasteiger partial charge in [-0.3, -0.25) is 4.79 Å². The smallest absolute Gasteiger partial charge is 0.253 e. The van der Waals surface area contributed by atoms with Crippen molar-refractivity contribution in [3.05, 3.63) is 53.5 Å². The fraction of sp³-hybridized carbons (Fsp3) is 0.294. The highest BCUT2D eigenvalue weighted by Crippen LogP contribution is 2.11. The van der Waals surface area contributed by atoms with Crippen LogP contribution in [0.4, 0.5) is 5.82 Å². The first-order chi connectivity index (χ1) is 11.2. The minimum Gasteiger partial charge on any atom is -0.364 e. The Morgan fingerprint density at radius 3 is 2.43 bits per heavy atom. The SMILES string of the molecule is CCN(CC)C(=O)c1ccc(CNc2nccnc2C#N)cc1. The zero-order chi connectivity index (χ0) is 16.7. The molecular formula is C17H19N5O. The molecule has 118 valence electrons. The molecule has 1 aromatic carbocycles. The molecule has 6 heteroatoms. The van der Waals surface area contributed by atoms with Gasteiger partial charge in [-0.1, -0.05) is 12.1 Å². The van der Waals surface area contributed by atoms with E-state index in [2.05, 4.69) is 15.3 Å². The van der Waals surface area contributed by atoms with E-state index in [1.165, 1.54) is 12.4 Å². The molecule has 1 amide bonds. The topological polar surface area (TPSA) is 81.9 Å². The first kappa shape index (κ1) is 16.4. The quantitative estimate of drug-likeness (QED) is 0.886. The van der Waals surface area contributed by atoms with Crippen LogP contribution in [0, 0.1) is 11.3 Å². The van der Waals surface area contributed by atoms with Gasteiger partial charge in [-0.15, -0.1) is 0 Å². The molecule has 0 saturated heterocycles. The molecular weight excluding hydrogens is 290 g/mol. The second-order valence-electron chi connectivity index (χ2n) is 4.89. The summed E-state index contributed by atoms with van der Waals surface area (Å²) in [5.41, 5.74) is 1.94. The molecule has 0 saturated carbocycles. The normalized spacial score (nSPS) is 9.96. The summed E-state index contributed by atoms with van der Waals surface area (Å²) in [7, 11) is 0. The average Bonchev–Trinajstić information content (AvgIpc) is 2.61. The summed E-state index contributed by atoms with van der Waals surface area (Å²) in [5, 5.41) is 12.1. The molecule has 0 atom stereocenters. The number of benzene rings is 1. The van der Waals surface area contributed by atoms with Crippen molar-refractivity contribution in [3.8, 4) is 6.07 Å². The maximum Gasteiger partial charge on any atom is 0.253 e. The van der Waals surface area contributed by atoms with Crippen molar-refractivity contribution in [1.29, 1.82) is 5.26 Å². The van der Waals surface area contributed by atoms with Crippen molar-refractivity contribution in [2.24, 2.45) is 0 Å². The molecule has 23 heavy (non-hydrogen) atoms. The predicted molar refractivity (Wildman–Crippen MR) is 87.8 cm³/mol. The van der Waals surface area contributed by atoms with Crippen LogP contribution in [0.15, 0.2) is 36.7 Å². The van der Waals surface area contributed by atoms with Crippen LogP contribution in [0.2, 0.25) is 0 Å². The van der Waals surface area contributed by atoms with Crippen molar-refractivity contribution in [2.45, 2.75) is 20.4 Å². The van der Waals surface area contributed by atoms with E-state index < -0.39 is 0 Å². The van der Waals surface area contributed by atoms with E-state index in [0.29, 0.717) is 31.0 Å². The second kappa shape index (κ2) is 7.90. The number of nitrogens with one attached hydrogen (secondary N) is 1. The minimum atomic E-state index is 0.0372. The molecule has 0 unspecified atom stereocenters. The zero-order valence-corrected chi connectivity index (χ0v) is 13.3. The third-order valence-corrected chi connectivity index (χ3v) is 3.52. The van der Waals surface area contributed by atoms with Gasteiger partial charge < -0.3 is 10.2 Å². The number of anilines is 1. The van der Waals surface area contributed by atoms with Crippen molar-refractivity contribution < 1.29 is 4.79 Å². The van der Waals surface area contributed by atoms with E-state index >= 15 is 0 Å². The van der Waals surface area contributed by atoms with Crippen LogP contribution in [0.25, 0.3) is 0 Å².